The second-order valence-corrected chi connectivity index (χ2v) is 6.83. The van der Waals surface area contributed by atoms with Gasteiger partial charge in [0.2, 0.25) is 0 Å². The van der Waals surface area contributed by atoms with E-state index in [2.05, 4.69) is 44.0 Å². The summed E-state index contributed by atoms with van der Waals surface area (Å²) in [5.41, 5.74) is 4.60. The molecule has 24 heavy (non-hydrogen) atoms. The Morgan fingerprint density at radius 2 is 2.17 bits per heavy atom. The highest BCUT2D eigenvalue weighted by molar-refractivity contribution is 9.10. The molecule has 0 saturated carbocycles. The Bertz CT molecular complexity index is 715. The first-order valence-electron chi connectivity index (χ1n) is 8.47. The summed E-state index contributed by atoms with van der Waals surface area (Å²) in [4.78, 5) is 2.49. The minimum atomic E-state index is 0.595. The molecule has 0 amide bonds. The molecule has 0 bridgehead atoms. The summed E-state index contributed by atoms with van der Waals surface area (Å²) in [5.74, 6) is 1.46. The quantitative estimate of drug-likeness (QED) is 0.804. The summed E-state index contributed by atoms with van der Waals surface area (Å²) in [6, 6.07) is 4.06. The zero-order chi connectivity index (χ0) is 17.1. The molecular weight excluding hydrogens is 370 g/mol. The highest BCUT2D eigenvalue weighted by Gasteiger charge is 2.23. The molecule has 2 aromatic rings. The average molecular weight is 394 g/mol. The van der Waals surface area contributed by atoms with Gasteiger partial charge in [-0.25, -0.2) is 0 Å². The van der Waals surface area contributed by atoms with E-state index in [9.17, 15) is 0 Å². The van der Waals surface area contributed by atoms with Crippen molar-refractivity contribution >= 4 is 15.9 Å². The third-order valence-corrected chi connectivity index (χ3v) is 4.93. The Kier molecular flexibility index (Phi) is 5.46. The Balaban J connectivity index is 1.99. The van der Waals surface area contributed by atoms with Crippen LogP contribution in [0.15, 0.2) is 16.6 Å². The topological polar surface area (TPSA) is 50.4 Å². The minimum Gasteiger partial charge on any atom is -0.493 e. The Morgan fingerprint density at radius 1 is 1.33 bits per heavy atom. The SMILES string of the molecule is CCCN1CCc2[nH]nc(-c3cc(Br)c(OCC)c(OC)c3)c2C1. The van der Waals surface area contributed by atoms with Crippen LogP contribution in [0.1, 0.15) is 31.5 Å². The predicted molar refractivity (Wildman–Crippen MR) is 98.7 cm³/mol. The lowest BCUT2D eigenvalue weighted by Crippen LogP contribution is -2.31. The maximum absolute atomic E-state index is 5.68. The van der Waals surface area contributed by atoms with Crippen molar-refractivity contribution in [3.05, 3.63) is 27.9 Å². The van der Waals surface area contributed by atoms with E-state index in [1.165, 1.54) is 17.7 Å². The summed E-state index contributed by atoms with van der Waals surface area (Å²) < 4.78 is 12.1. The van der Waals surface area contributed by atoms with Gasteiger partial charge in [-0.15, -0.1) is 0 Å². The molecule has 3 rings (SSSR count). The van der Waals surface area contributed by atoms with E-state index < -0.39 is 0 Å². The predicted octanol–water partition coefficient (Wildman–Crippen LogP) is 4.01. The van der Waals surface area contributed by atoms with Gasteiger partial charge in [-0.05, 0) is 48.0 Å². The number of rotatable bonds is 6. The Labute approximate surface area is 151 Å². The van der Waals surface area contributed by atoms with Gasteiger partial charge in [0, 0.05) is 36.3 Å². The van der Waals surface area contributed by atoms with Crippen LogP contribution < -0.4 is 9.47 Å². The van der Waals surface area contributed by atoms with Gasteiger partial charge in [0.05, 0.1) is 23.9 Å². The maximum Gasteiger partial charge on any atom is 0.175 e. The van der Waals surface area contributed by atoms with Gasteiger partial charge in [0.15, 0.2) is 11.5 Å². The number of H-pyrrole nitrogens is 1. The van der Waals surface area contributed by atoms with E-state index in [1.54, 1.807) is 7.11 Å². The van der Waals surface area contributed by atoms with Gasteiger partial charge in [-0.2, -0.15) is 5.10 Å². The van der Waals surface area contributed by atoms with Crippen molar-refractivity contribution in [2.45, 2.75) is 33.2 Å². The summed E-state index contributed by atoms with van der Waals surface area (Å²) in [5, 5.41) is 7.81. The number of benzene rings is 1. The largest absolute Gasteiger partial charge is 0.493 e. The van der Waals surface area contributed by atoms with Crippen LogP contribution >= 0.6 is 15.9 Å². The molecular formula is C18H24BrN3O2. The van der Waals surface area contributed by atoms with Gasteiger partial charge in [0.1, 0.15) is 0 Å². The highest BCUT2D eigenvalue weighted by atomic mass is 79.9. The Hall–Kier alpha value is -1.53. The number of nitrogens with zero attached hydrogens (tertiary/aromatic N) is 2. The lowest BCUT2D eigenvalue weighted by Gasteiger charge is -2.26. The lowest BCUT2D eigenvalue weighted by molar-refractivity contribution is 0.254. The van der Waals surface area contributed by atoms with E-state index in [-0.39, 0.29) is 0 Å². The molecule has 1 aromatic heterocycles. The fourth-order valence-electron chi connectivity index (χ4n) is 3.24. The molecule has 0 fully saturated rings. The molecule has 1 aliphatic rings. The number of hydrogen-bond donors (Lipinski definition) is 1. The number of aromatic nitrogens is 2. The van der Waals surface area contributed by atoms with Gasteiger partial charge >= 0.3 is 0 Å². The fraction of sp³-hybridized carbons (Fsp3) is 0.500. The van der Waals surface area contributed by atoms with Crippen LogP contribution in [-0.4, -0.2) is 41.9 Å². The molecule has 0 saturated heterocycles. The molecule has 0 atom stereocenters. The van der Waals surface area contributed by atoms with Crippen LogP contribution in [-0.2, 0) is 13.0 Å². The van der Waals surface area contributed by atoms with E-state index in [4.69, 9.17) is 9.47 Å². The fourth-order valence-corrected chi connectivity index (χ4v) is 3.79. The number of aromatic amines is 1. The number of ether oxygens (including phenoxy) is 2. The van der Waals surface area contributed by atoms with Gasteiger partial charge < -0.3 is 9.47 Å². The molecule has 0 radical (unpaired) electrons. The van der Waals surface area contributed by atoms with Crippen LogP contribution in [0.2, 0.25) is 0 Å². The number of fused-ring (bicyclic) bond motifs is 1. The first-order valence-corrected chi connectivity index (χ1v) is 9.26. The lowest BCUT2D eigenvalue weighted by atomic mass is 10.0. The first kappa shape index (κ1) is 17.3. The van der Waals surface area contributed by atoms with Crippen molar-refractivity contribution in [2.24, 2.45) is 0 Å². The minimum absolute atomic E-state index is 0.595. The monoisotopic (exact) mass is 393 g/mol. The molecule has 0 spiro atoms. The Morgan fingerprint density at radius 3 is 2.88 bits per heavy atom. The zero-order valence-corrected chi connectivity index (χ0v) is 16.1. The molecule has 0 unspecified atom stereocenters. The molecule has 1 aromatic carbocycles. The number of halogens is 1. The van der Waals surface area contributed by atoms with Crippen LogP contribution in [0.4, 0.5) is 0 Å². The van der Waals surface area contributed by atoms with Crippen molar-refractivity contribution < 1.29 is 9.47 Å². The normalized spacial score (nSPS) is 14.5. The van der Waals surface area contributed by atoms with Crippen molar-refractivity contribution in [2.75, 3.05) is 26.8 Å². The molecule has 1 aliphatic heterocycles. The highest BCUT2D eigenvalue weighted by Crippen LogP contribution is 2.40. The van der Waals surface area contributed by atoms with E-state index in [0.717, 1.165) is 53.3 Å². The van der Waals surface area contributed by atoms with Crippen molar-refractivity contribution in [3.63, 3.8) is 0 Å². The standard InChI is InChI=1S/C18H24BrN3O2/c1-4-7-22-8-6-15-13(11-22)17(21-20-15)12-9-14(19)18(24-5-2)16(10-12)23-3/h9-10H,4-8,11H2,1-3H3,(H,20,21). The zero-order valence-electron chi connectivity index (χ0n) is 14.5. The maximum atomic E-state index is 5.68. The smallest absolute Gasteiger partial charge is 0.175 e. The molecule has 5 nitrogen and oxygen atoms in total. The molecule has 2 heterocycles. The third-order valence-electron chi connectivity index (χ3n) is 4.34. The van der Waals surface area contributed by atoms with E-state index in [1.807, 2.05) is 13.0 Å². The average Bonchev–Trinajstić information content (AvgIpc) is 3.00. The van der Waals surface area contributed by atoms with Gasteiger partial charge in [0.25, 0.3) is 0 Å². The summed E-state index contributed by atoms with van der Waals surface area (Å²) in [6.45, 7) is 7.95. The van der Waals surface area contributed by atoms with Crippen LogP contribution in [0.5, 0.6) is 11.5 Å². The molecule has 0 aliphatic carbocycles. The van der Waals surface area contributed by atoms with Crippen molar-refractivity contribution in [1.82, 2.24) is 15.1 Å². The van der Waals surface area contributed by atoms with Crippen LogP contribution in [0, 0.1) is 0 Å². The number of nitrogens with one attached hydrogen (secondary N) is 1. The molecule has 6 heteroatoms. The second-order valence-electron chi connectivity index (χ2n) is 5.98. The van der Waals surface area contributed by atoms with Gasteiger partial charge in [-0.1, -0.05) is 6.92 Å². The number of hydrogen-bond acceptors (Lipinski definition) is 4. The van der Waals surface area contributed by atoms with E-state index in [0.29, 0.717) is 6.61 Å². The van der Waals surface area contributed by atoms with Crippen molar-refractivity contribution in [1.29, 1.82) is 0 Å². The van der Waals surface area contributed by atoms with Crippen LogP contribution in [0.25, 0.3) is 11.3 Å². The van der Waals surface area contributed by atoms with Crippen LogP contribution in [0.3, 0.4) is 0 Å². The first-order chi connectivity index (χ1) is 11.7. The van der Waals surface area contributed by atoms with Crippen molar-refractivity contribution in [3.8, 4) is 22.8 Å². The van der Waals surface area contributed by atoms with Gasteiger partial charge in [-0.3, -0.25) is 10.00 Å². The molecule has 130 valence electrons. The summed E-state index contributed by atoms with van der Waals surface area (Å²) >= 11 is 3.60. The third kappa shape index (κ3) is 3.30. The second kappa shape index (κ2) is 7.57. The summed E-state index contributed by atoms with van der Waals surface area (Å²) in [7, 11) is 1.66. The number of methoxy groups -OCH3 is 1. The van der Waals surface area contributed by atoms with E-state index >= 15 is 0 Å². The molecule has 1 N–H and O–H groups in total. The summed E-state index contributed by atoms with van der Waals surface area (Å²) in [6.07, 6.45) is 2.20.